The molecular formula is C27H40O6. The molecule has 6 heteroatoms. The van der Waals surface area contributed by atoms with Gasteiger partial charge in [0.15, 0.2) is 18.9 Å². The van der Waals surface area contributed by atoms with Gasteiger partial charge < -0.3 is 28.4 Å². The molecule has 3 aliphatic rings. The van der Waals surface area contributed by atoms with E-state index in [-0.39, 0.29) is 54.7 Å². The van der Waals surface area contributed by atoms with Gasteiger partial charge in [0.05, 0.1) is 25.4 Å². The summed E-state index contributed by atoms with van der Waals surface area (Å²) in [5, 5.41) is 0. The first-order valence-corrected chi connectivity index (χ1v) is 12.4. The van der Waals surface area contributed by atoms with Crippen molar-refractivity contribution >= 4 is 0 Å². The van der Waals surface area contributed by atoms with E-state index < -0.39 is 6.29 Å². The molecule has 33 heavy (non-hydrogen) atoms. The maximum Gasteiger partial charge on any atom is 0.184 e. The van der Waals surface area contributed by atoms with Crippen LogP contribution in [-0.2, 0) is 28.4 Å². The van der Waals surface area contributed by atoms with Gasteiger partial charge in [-0.15, -0.1) is 6.58 Å². The smallest absolute Gasteiger partial charge is 0.184 e. The SMILES string of the molecule is C=CCO[C@H]1OC(CC)[C@@H](C)[C@H](C)C1O[C@@H]1OC2COC(c3ccccc3)O[C@H]2[C@H](C)C1C. The summed E-state index contributed by atoms with van der Waals surface area (Å²) in [6.07, 6.45) is 1.22. The first-order chi connectivity index (χ1) is 15.9. The van der Waals surface area contributed by atoms with Crippen LogP contribution >= 0.6 is 0 Å². The van der Waals surface area contributed by atoms with Crippen molar-refractivity contribution in [3.05, 3.63) is 48.6 Å². The molecule has 4 rings (SSSR count). The average Bonchev–Trinajstić information content (AvgIpc) is 2.85. The highest BCUT2D eigenvalue weighted by molar-refractivity contribution is 5.16. The molecule has 0 N–H and O–H groups in total. The van der Waals surface area contributed by atoms with Crippen LogP contribution in [-0.4, -0.2) is 50.2 Å². The summed E-state index contributed by atoms with van der Waals surface area (Å²) >= 11 is 0. The van der Waals surface area contributed by atoms with Gasteiger partial charge in [0, 0.05) is 11.5 Å². The highest BCUT2D eigenvalue weighted by Crippen LogP contribution is 2.42. The molecule has 184 valence electrons. The van der Waals surface area contributed by atoms with Crippen LogP contribution in [0.15, 0.2) is 43.0 Å². The lowest BCUT2D eigenvalue weighted by atomic mass is 9.81. The number of hydrogen-bond acceptors (Lipinski definition) is 6. The van der Waals surface area contributed by atoms with Crippen LogP contribution in [0.1, 0.15) is 52.9 Å². The van der Waals surface area contributed by atoms with Crippen molar-refractivity contribution in [2.45, 2.75) is 84.3 Å². The van der Waals surface area contributed by atoms with Crippen LogP contribution in [0.3, 0.4) is 0 Å². The third-order valence-corrected chi connectivity index (χ3v) is 7.80. The van der Waals surface area contributed by atoms with E-state index in [0.29, 0.717) is 19.1 Å². The Morgan fingerprint density at radius 2 is 1.70 bits per heavy atom. The van der Waals surface area contributed by atoms with Crippen molar-refractivity contribution in [1.29, 1.82) is 0 Å². The lowest BCUT2D eigenvalue weighted by Gasteiger charge is -2.50. The standard InChI is InChI=1S/C27H40O6/c1-7-14-28-27-24(17(4)16(3)21(8-2)30-27)33-25-19(6)18(5)23-22(31-25)15-29-26(32-23)20-12-10-9-11-13-20/h7,9-13,16-19,21-27H,1,8,14-15H2,2-6H3/t16-,17-,18+,19?,21?,22?,23-,24?,25-,26?,27-/m0/s1. The molecular weight excluding hydrogens is 420 g/mol. The molecule has 0 radical (unpaired) electrons. The molecule has 0 spiro atoms. The lowest BCUT2D eigenvalue weighted by molar-refractivity contribution is -0.370. The zero-order valence-electron chi connectivity index (χ0n) is 20.6. The first-order valence-electron chi connectivity index (χ1n) is 12.4. The topological polar surface area (TPSA) is 55.4 Å². The zero-order chi connectivity index (χ0) is 23.5. The van der Waals surface area contributed by atoms with Crippen molar-refractivity contribution in [3.63, 3.8) is 0 Å². The number of rotatable bonds is 7. The monoisotopic (exact) mass is 460 g/mol. The molecule has 3 fully saturated rings. The molecule has 0 aliphatic carbocycles. The first kappa shape index (κ1) is 24.8. The van der Waals surface area contributed by atoms with Crippen molar-refractivity contribution < 1.29 is 28.4 Å². The summed E-state index contributed by atoms with van der Waals surface area (Å²) in [7, 11) is 0. The minimum Gasteiger partial charge on any atom is -0.346 e. The molecule has 1 aromatic carbocycles. The predicted molar refractivity (Wildman–Crippen MR) is 125 cm³/mol. The Morgan fingerprint density at radius 3 is 2.39 bits per heavy atom. The molecule has 3 heterocycles. The molecule has 0 amide bonds. The molecule has 5 unspecified atom stereocenters. The molecule has 3 saturated heterocycles. The molecule has 11 atom stereocenters. The molecule has 6 nitrogen and oxygen atoms in total. The van der Waals surface area contributed by atoms with Gasteiger partial charge in [-0.3, -0.25) is 0 Å². The average molecular weight is 461 g/mol. The van der Waals surface area contributed by atoms with Crippen LogP contribution in [0, 0.1) is 23.7 Å². The van der Waals surface area contributed by atoms with Crippen molar-refractivity contribution in [2.75, 3.05) is 13.2 Å². The second-order valence-electron chi connectivity index (χ2n) is 9.83. The van der Waals surface area contributed by atoms with Gasteiger partial charge in [-0.25, -0.2) is 0 Å². The van der Waals surface area contributed by atoms with Gasteiger partial charge in [-0.2, -0.15) is 0 Å². The Balaban J connectivity index is 1.45. The maximum absolute atomic E-state index is 6.64. The maximum atomic E-state index is 6.64. The molecule has 3 aliphatic heterocycles. The second-order valence-corrected chi connectivity index (χ2v) is 9.83. The van der Waals surface area contributed by atoms with Gasteiger partial charge in [-0.05, 0) is 24.2 Å². The highest BCUT2D eigenvalue weighted by Gasteiger charge is 2.50. The largest absolute Gasteiger partial charge is 0.346 e. The summed E-state index contributed by atoms with van der Waals surface area (Å²) in [5.74, 6) is 1.02. The Hall–Kier alpha value is -1.28. The van der Waals surface area contributed by atoms with Gasteiger partial charge in [-0.1, -0.05) is 71.0 Å². The zero-order valence-corrected chi connectivity index (χ0v) is 20.6. The predicted octanol–water partition coefficient (Wildman–Crippen LogP) is 5.09. The van der Waals surface area contributed by atoms with E-state index in [1.165, 1.54) is 0 Å². The van der Waals surface area contributed by atoms with E-state index in [0.717, 1.165) is 12.0 Å². The third-order valence-electron chi connectivity index (χ3n) is 7.80. The number of ether oxygens (including phenoxy) is 6. The van der Waals surface area contributed by atoms with E-state index in [1.54, 1.807) is 6.08 Å². The fourth-order valence-corrected chi connectivity index (χ4v) is 5.28. The van der Waals surface area contributed by atoms with Gasteiger partial charge in [0.2, 0.25) is 0 Å². The van der Waals surface area contributed by atoms with E-state index in [2.05, 4.69) is 41.2 Å². The van der Waals surface area contributed by atoms with Gasteiger partial charge in [0.25, 0.3) is 0 Å². The summed E-state index contributed by atoms with van der Waals surface area (Å²) in [6.45, 7) is 15.7. The minimum atomic E-state index is -0.440. The number of fused-ring (bicyclic) bond motifs is 1. The van der Waals surface area contributed by atoms with Crippen LogP contribution in [0.5, 0.6) is 0 Å². The summed E-state index contributed by atoms with van der Waals surface area (Å²) < 4.78 is 37.8. The summed E-state index contributed by atoms with van der Waals surface area (Å²) in [6, 6.07) is 10.1. The van der Waals surface area contributed by atoms with E-state index >= 15 is 0 Å². The molecule has 0 bridgehead atoms. The Kier molecular flexibility index (Phi) is 8.26. The van der Waals surface area contributed by atoms with E-state index in [4.69, 9.17) is 28.4 Å². The normalized spacial score (nSPS) is 43.6. The van der Waals surface area contributed by atoms with Crippen molar-refractivity contribution in [1.82, 2.24) is 0 Å². The molecule has 0 aromatic heterocycles. The van der Waals surface area contributed by atoms with Crippen molar-refractivity contribution in [2.24, 2.45) is 23.7 Å². The van der Waals surface area contributed by atoms with Gasteiger partial charge >= 0.3 is 0 Å². The van der Waals surface area contributed by atoms with Crippen LogP contribution in [0.2, 0.25) is 0 Å². The van der Waals surface area contributed by atoms with Crippen molar-refractivity contribution in [3.8, 4) is 0 Å². The Morgan fingerprint density at radius 1 is 0.939 bits per heavy atom. The Labute approximate surface area is 198 Å². The number of benzene rings is 1. The van der Waals surface area contributed by atoms with Crippen LogP contribution in [0.4, 0.5) is 0 Å². The number of hydrogen-bond donors (Lipinski definition) is 0. The lowest BCUT2D eigenvalue weighted by Crippen LogP contribution is -2.58. The Bertz CT molecular complexity index is 754. The summed E-state index contributed by atoms with van der Waals surface area (Å²) in [4.78, 5) is 0. The van der Waals surface area contributed by atoms with Crippen LogP contribution < -0.4 is 0 Å². The quantitative estimate of drug-likeness (QED) is 0.528. The van der Waals surface area contributed by atoms with Crippen LogP contribution in [0.25, 0.3) is 0 Å². The van der Waals surface area contributed by atoms with E-state index in [1.807, 2.05) is 30.3 Å². The molecule has 0 saturated carbocycles. The van der Waals surface area contributed by atoms with E-state index in [9.17, 15) is 0 Å². The minimum absolute atomic E-state index is 0.0463. The fraction of sp³-hybridized carbons (Fsp3) is 0.704. The second kappa shape index (κ2) is 11.0. The van der Waals surface area contributed by atoms with Gasteiger partial charge in [0.1, 0.15) is 12.2 Å². The third kappa shape index (κ3) is 5.21. The highest BCUT2D eigenvalue weighted by atomic mass is 16.8. The molecule has 1 aromatic rings. The summed E-state index contributed by atoms with van der Waals surface area (Å²) in [5.41, 5.74) is 1.03. The fourth-order valence-electron chi connectivity index (χ4n) is 5.28.